The fourth-order valence-electron chi connectivity index (χ4n) is 2.22. The van der Waals surface area contributed by atoms with Crippen LogP contribution in [0.5, 0.6) is 5.75 Å². The zero-order chi connectivity index (χ0) is 12.5. The molecule has 0 aromatic heterocycles. The molecule has 1 N–H and O–H groups in total. The van der Waals surface area contributed by atoms with Crippen molar-refractivity contribution < 1.29 is 4.74 Å². The number of halogens is 1. The minimum atomic E-state index is 0.0120. The molecule has 2 aromatic rings. The van der Waals surface area contributed by atoms with Gasteiger partial charge in [0.15, 0.2) is 5.75 Å². The second kappa shape index (κ2) is 4.54. The molecule has 0 radical (unpaired) electrons. The summed E-state index contributed by atoms with van der Waals surface area (Å²) in [6.07, 6.45) is 0.0120. The van der Waals surface area contributed by atoms with Crippen LogP contribution in [-0.2, 0) is 0 Å². The van der Waals surface area contributed by atoms with Gasteiger partial charge in [0, 0.05) is 0 Å². The number of nitrogens with one attached hydrogen (secondary N) is 1. The maximum atomic E-state index is 6.20. The van der Waals surface area contributed by atoms with Gasteiger partial charge in [-0.05, 0) is 24.1 Å². The van der Waals surface area contributed by atoms with E-state index in [0.29, 0.717) is 5.02 Å². The van der Waals surface area contributed by atoms with E-state index in [4.69, 9.17) is 16.3 Å². The first kappa shape index (κ1) is 11.4. The molecule has 0 amide bonds. The van der Waals surface area contributed by atoms with Gasteiger partial charge in [-0.1, -0.05) is 48.0 Å². The summed E-state index contributed by atoms with van der Waals surface area (Å²) in [5, 5.41) is 4.07. The maximum Gasteiger partial charge on any atom is 0.162 e. The average Bonchev–Trinajstić information content (AvgIpc) is 2.44. The quantitative estimate of drug-likeness (QED) is 0.829. The lowest BCUT2D eigenvalue weighted by molar-refractivity contribution is 0.210. The molecule has 1 unspecified atom stereocenters. The van der Waals surface area contributed by atoms with E-state index in [0.717, 1.165) is 29.1 Å². The van der Waals surface area contributed by atoms with Gasteiger partial charge in [-0.15, -0.1) is 0 Å². The minimum Gasteiger partial charge on any atom is -0.480 e. The molecule has 2 aromatic carbocycles. The van der Waals surface area contributed by atoms with Crippen molar-refractivity contribution in [1.29, 1.82) is 0 Å². The SMILES string of the molecule is Cc1ccc(Cl)c2c1NCC(c1ccccc1)O2. The Bertz CT molecular complexity index is 568. The van der Waals surface area contributed by atoms with Gasteiger partial charge in [-0.3, -0.25) is 0 Å². The molecule has 0 aliphatic carbocycles. The van der Waals surface area contributed by atoms with Crippen LogP contribution in [-0.4, -0.2) is 6.54 Å². The van der Waals surface area contributed by atoms with E-state index in [-0.39, 0.29) is 6.10 Å². The molecule has 0 saturated heterocycles. The molecule has 92 valence electrons. The summed E-state index contributed by atoms with van der Waals surface area (Å²) in [4.78, 5) is 0. The third kappa shape index (κ3) is 1.93. The highest BCUT2D eigenvalue weighted by Crippen LogP contribution is 2.41. The van der Waals surface area contributed by atoms with E-state index < -0.39 is 0 Å². The Morgan fingerprint density at radius 3 is 2.72 bits per heavy atom. The lowest BCUT2D eigenvalue weighted by atomic mass is 10.1. The highest BCUT2D eigenvalue weighted by atomic mass is 35.5. The topological polar surface area (TPSA) is 21.3 Å². The number of hydrogen-bond acceptors (Lipinski definition) is 2. The standard InChI is InChI=1S/C15H14ClNO/c1-10-7-8-12(16)15-14(10)17-9-13(18-15)11-5-3-2-4-6-11/h2-8,13,17H,9H2,1H3. The Hall–Kier alpha value is -1.67. The second-order valence-electron chi connectivity index (χ2n) is 4.47. The van der Waals surface area contributed by atoms with E-state index >= 15 is 0 Å². The van der Waals surface area contributed by atoms with Gasteiger partial charge in [-0.2, -0.15) is 0 Å². The van der Waals surface area contributed by atoms with E-state index in [1.165, 1.54) is 0 Å². The number of anilines is 1. The van der Waals surface area contributed by atoms with Crippen LogP contribution in [0.4, 0.5) is 5.69 Å². The number of fused-ring (bicyclic) bond motifs is 1. The van der Waals surface area contributed by atoms with Crippen molar-refractivity contribution in [2.45, 2.75) is 13.0 Å². The predicted octanol–water partition coefficient (Wildman–Crippen LogP) is 4.19. The summed E-state index contributed by atoms with van der Waals surface area (Å²) < 4.78 is 6.04. The Morgan fingerprint density at radius 1 is 1.17 bits per heavy atom. The van der Waals surface area contributed by atoms with Crippen LogP contribution in [0.25, 0.3) is 0 Å². The predicted molar refractivity (Wildman–Crippen MR) is 74.5 cm³/mol. The van der Waals surface area contributed by atoms with Crippen molar-refractivity contribution in [2.75, 3.05) is 11.9 Å². The number of aryl methyl sites for hydroxylation is 1. The van der Waals surface area contributed by atoms with Crippen LogP contribution in [0.15, 0.2) is 42.5 Å². The monoisotopic (exact) mass is 259 g/mol. The maximum absolute atomic E-state index is 6.20. The Morgan fingerprint density at radius 2 is 1.94 bits per heavy atom. The van der Waals surface area contributed by atoms with Crippen molar-refractivity contribution in [3.05, 3.63) is 58.6 Å². The van der Waals surface area contributed by atoms with Crippen molar-refractivity contribution in [3.8, 4) is 5.75 Å². The first-order chi connectivity index (χ1) is 8.75. The summed E-state index contributed by atoms with van der Waals surface area (Å²) in [6.45, 7) is 2.81. The molecule has 1 heterocycles. The number of benzene rings is 2. The van der Waals surface area contributed by atoms with Crippen molar-refractivity contribution in [2.24, 2.45) is 0 Å². The van der Waals surface area contributed by atoms with Crippen molar-refractivity contribution >= 4 is 17.3 Å². The molecule has 18 heavy (non-hydrogen) atoms. The lowest BCUT2D eigenvalue weighted by Crippen LogP contribution is -2.24. The van der Waals surface area contributed by atoms with E-state index in [2.05, 4.69) is 17.4 Å². The van der Waals surface area contributed by atoms with Gasteiger partial charge in [0.1, 0.15) is 6.10 Å². The van der Waals surface area contributed by atoms with E-state index in [9.17, 15) is 0 Å². The lowest BCUT2D eigenvalue weighted by Gasteiger charge is -2.29. The van der Waals surface area contributed by atoms with Crippen LogP contribution < -0.4 is 10.1 Å². The van der Waals surface area contributed by atoms with E-state index in [1.807, 2.05) is 37.3 Å². The molecule has 0 spiro atoms. The third-order valence-electron chi connectivity index (χ3n) is 3.21. The van der Waals surface area contributed by atoms with Crippen LogP contribution in [0.2, 0.25) is 5.02 Å². The van der Waals surface area contributed by atoms with Crippen LogP contribution >= 0.6 is 11.6 Å². The summed E-state index contributed by atoms with van der Waals surface area (Å²) >= 11 is 6.20. The summed E-state index contributed by atoms with van der Waals surface area (Å²) in [5.41, 5.74) is 3.32. The molecule has 0 fully saturated rings. The molecular weight excluding hydrogens is 246 g/mol. The van der Waals surface area contributed by atoms with Crippen LogP contribution in [0, 0.1) is 6.92 Å². The molecular formula is C15H14ClNO. The molecule has 0 bridgehead atoms. The van der Waals surface area contributed by atoms with Crippen LogP contribution in [0.1, 0.15) is 17.2 Å². The Labute approximate surface area is 112 Å². The summed E-state index contributed by atoms with van der Waals surface area (Å²) in [5.74, 6) is 0.761. The zero-order valence-electron chi connectivity index (χ0n) is 10.1. The summed E-state index contributed by atoms with van der Waals surface area (Å²) in [7, 11) is 0. The largest absolute Gasteiger partial charge is 0.480 e. The Kier molecular flexibility index (Phi) is 2.88. The first-order valence-electron chi connectivity index (χ1n) is 6.00. The molecule has 3 rings (SSSR count). The molecule has 2 nitrogen and oxygen atoms in total. The highest BCUT2D eigenvalue weighted by Gasteiger charge is 2.23. The van der Waals surface area contributed by atoms with Gasteiger partial charge in [0.2, 0.25) is 0 Å². The fraction of sp³-hybridized carbons (Fsp3) is 0.200. The molecule has 0 saturated carbocycles. The first-order valence-corrected chi connectivity index (χ1v) is 6.38. The highest BCUT2D eigenvalue weighted by molar-refractivity contribution is 6.32. The van der Waals surface area contributed by atoms with Gasteiger partial charge < -0.3 is 10.1 Å². The molecule has 1 aliphatic heterocycles. The van der Waals surface area contributed by atoms with E-state index in [1.54, 1.807) is 0 Å². The smallest absolute Gasteiger partial charge is 0.162 e. The normalized spacial score (nSPS) is 17.6. The number of rotatable bonds is 1. The van der Waals surface area contributed by atoms with Crippen molar-refractivity contribution in [3.63, 3.8) is 0 Å². The molecule has 1 aliphatic rings. The van der Waals surface area contributed by atoms with Gasteiger partial charge in [0.05, 0.1) is 17.3 Å². The van der Waals surface area contributed by atoms with Gasteiger partial charge in [-0.25, -0.2) is 0 Å². The second-order valence-corrected chi connectivity index (χ2v) is 4.87. The minimum absolute atomic E-state index is 0.0120. The zero-order valence-corrected chi connectivity index (χ0v) is 10.9. The third-order valence-corrected chi connectivity index (χ3v) is 3.51. The average molecular weight is 260 g/mol. The molecule has 3 heteroatoms. The number of hydrogen-bond donors (Lipinski definition) is 1. The van der Waals surface area contributed by atoms with Crippen LogP contribution in [0.3, 0.4) is 0 Å². The van der Waals surface area contributed by atoms with Crippen molar-refractivity contribution in [1.82, 2.24) is 0 Å². The Balaban J connectivity index is 1.96. The van der Waals surface area contributed by atoms with Gasteiger partial charge >= 0.3 is 0 Å². The fourth-order valence-corrected chi connectivity index (χ4v) is 2.42. The van der Waals surface area contributed by atoms with Gasteiger partial charge in [0.25, 0.3) is 0 Å². The number of ether oxygens (including phenoxy) is 1. The summed E-state index contributed by atoms with van der Waals surface area (Å²) in [6, 6.07) is 14.1. The molecule has 1 atom stereocenters.